The molecule has 3 heteroatoms. The number of carbonyl (C=O) groups excluding carboxylic acids is 1. The number of hydrogen-bond donors (Lipinski definition) is 0. The van der Waals surface area contributed by atoms with Crippen molar-refractivity contribution in [2.75, 3.05) is 0 Å². The molecule has 0 aliphatic heterocycles. The van der Waals surface area contributed by atoms with E-state index in [-0.39, 0.29) is 5.97 Å². The van der Waals surface area contributed by atoms with Crippen molar-refractivity contribution < 1.29 is 7.87 Å². The van der Waals surface area contributed by atoms with E-state index < -0.39 is 18.8 Å². The van der Waals surface area contributed by atoms with E-state index in [0.717, 1.165) is 0 Å². The Morgan fingerprint density at radius 2 is 0.657 bits per heavy atom. The zero-order valence-electron chi connectivity index (χ0n) is 24.9. The Balaban J connectivity index is 4.55. The van der Waals surface area contributed by atoms with Crippen LogP contribution in [0.1, 0.15) is 182 Å². The van der Waals surface area contributed by atoms with Gasteiger partial charge in [-0.1, -0.05) is 0 Å². The molecule has 35 heavy (non-hydrogen) atoms. The van der Waals surface area contributed by atoms with Crippen LogP contribution in [0.5, 0.6) is 0 Å². The predicted octanol–water partition coefficient (Wildman–Crippen LogP) is 11.9. The maximum absolute atomic E-state index is 12.2. The van der Waals surface area contributed by atoms with E-state index in [1.807, 2.05) is 0 Å². The zero-order chi connectivity index (χ0) is 25.9. The van der Waals surface area contributed by atoms with Gasteiger partial charge in [0, 0.05) is 0 Å². The normalized spacial score (nSPS) is 11.8. The van der Waals surface area contributed by atoms with Gasteiger partial charge >= 0.3 is 228 Å². The molecule has 0 atom stereocenters. The van der Waals surface area contributed by atoms with Gasteiger partial charge in [-0.2, -0.15) is 0 Å². The standard InChI is InChI=1S/3C10H21.C2H4O2.Sn/c3*1-3-5-7-9-10-8-6-4-2;1-2(3)4;/h3*1,3-10H2,2H3;1H3,(H,3,4);/q;;;;+1/p-1. The van der Waals surface area contributed by atoms with Crippen LogP contribution in [0.3, 0.4) is 0 Å². The topological polar surface area (TPSA) is 26.3 Å². The Bertz CT molecular complexity index is 387. The van der Waals surface area contributed by atoms with Crippen LogP contribution in [0, 0.1) is 0 Å². The van der Waals surface area contributed by atoms with E-state index in [9.17, 15) is 4.79 Å². The second-order valence-corrected chi connectivity index (χ2v) is 23.1. The third kappa shape index (κ3) is 24.4. The summed E-state index contributed by atoms with van der Waals surface area (Å²) in [6.07, 6.45) is 32.9. The molecule has 0 aromatic heterocycles. The molecule has 0 saturated carbocycles. The van der Waals surface area contributed by atoms with Crippen LogP contribution in [0.2, 0.25) is 13.3 Å². The first kappa shape index (κ1) is 35.3. The average Bonchev–Trinajstić information content (AvgIpc) is 2.83. The average molecular weight is 602 g/mol. The van der Waals surface area contributed by atoms with E-state index in [0.29, 0.717) is 0 Å². The maximum atomic E-state index is 12.2. The minimum atomic E-state index is -2.85. The Morgan fingerprint density at radius 3 is 0.886 bits per heavy atom. The van der Waals surface area contributed by atoms with E-state index in [4.69, 9.17) is 3.07 Å². The monoisotopic (exact) mass is 602 g/mol. The molecule has 0 aliphatic carbocycles. The van der Waals surface area contributed by atoms with Gasteiger partial charge in [0.15, 0.2) is 0 Å². The molecule has 0 radical (unpaired) electrons. The van der Waals surface area contributed by atoms with Crippen LogP contribution in [0.25, 0.3) is 0 Å². The number of unbranched alkanes of at least 4 members (excludes halogenated alkanes) is 21. The summed E-state index contributed by atoms with van der Waals surface area (Å²) in [5, 5.41) is 0. The Labute approximate surface area is 226 Å². The molecule has 0 bridgehead atoms. The van der Waals surface area contributed by atoms with Crippen LogP contribution >= 0.6 is 0 Å². The van der Waals surface area contributed by atoms with Gasteiger partial charge in [0.2, 0.25) is 0 Å². The fourth-order valence-corrected chi connectivity index (χ4v) is 18.0. The van der Waals surface area contributed by atoms with Crippen molar-refractivity contribution in [2.24, 2.45) is 0 Å². The first-order valence-electron chi connectivity index (χ1n) is 16.3. The van der Waals surface area contributed by atoms with Crippen LogP contribution in [-0.2, 0) is 7.87 Å². The SMILES string of the molecule is CCCCCCCCC[CH2][Sn]([CH2]CCCCCCCCC)([CH2]CCCCCCCCC)[O]C(C)=O. The number of carbonyl (C=O) groups is 1. The Kier molecular flexibility index (Phi) is 27.5. The molecule has 0 saturated heterocycles. The van der Waals surface area contributed by atoms with Crippen molar-refractivity contribution in [3.63, 3.8) is 0 Å². The van der Waals surface area contributed by atoms with Crippen LogP contribution in [0.15, 0.2) is 0 Å². The van der Waals surface area contributed by atoms with Gasteiger partial charge in [0.25, 0.3) is 0 Å². The van der Waals surface area contributed by atoms with Gasteiger partial charge in [-0.3, -0.25) is 0 Å². The molecule has 0 aliphatic rings. The van der Waals surface area contributed by atoms with Crippen molar-refractivity contribution in [2.45, 2.75) is 195 Å². The molecule has 0 heterocycles. The molecular weight excluding hydrogens is 535 g/mol. The molecule has 0 aromatic carbocycles. The van der Waals surface area contributed by atoms with E-state index >= 15 is 0 Å². The third-order valence-corrected chi connectivity index (χ3v) is 20.7. The minimum absolute atomic E-state index is 0.0273. The molecule has 210 valence electrons. The van der Waals surface area contributed by atoms with Crippen LogP contribution < -0.4 is 0 Å². The van der Waals surface area contributed by atoms with Crippen molar-refractivity contribution in [3.8, 4) is 0 Å². The molecule has 0 aromatic rings. The molecule has 0 N–H and O–H groups in total. The van der Waals surface area contributed by atoms with E-state index in [1.54, 1.807) is 6.92 Å². The van der Waals surface area contributed by atoms with E-state index in [2.05, 4.69) is 20.8 Å². The van der Waals surface area contributed by atoms with E-state index in [1.165, 1.54) is 167 Å². The Morgan fingerprint density at radius 1 is 0.429 bits per heavy atom. The molecule has 0 rings (SSSR count). The zero-order valence-corrected chi connectivity index (χ0v) is 27.8. The van der Waals surface area contributed by atoms with Gasteiger partial charge < -0.3 is 0 Å². The number of rotatable bonds is 28. The fraction of sp³-hybridized carbons (Fsp3) is 0.969. The number of hydrogen-bond acceptors (Lipinski definition) is 2. The van der Waals surface area contributed by atoms with Crippen LogP contribution in [-0.4, -0.2) is 24.8 Å². The van der Waals surface area contributed by atoms with Gasteiger partial charge in [-0.05, 0) is 0 Å². The second kappa shape index (κ2) is 27.3. The summed E-state index contributed by atoms with van der Waals surface area (Å²) in [5.74, 6) is 0.0273. The molecular formula is C32H66O2Sn. The summed E-state index contributed by atoms with van der Waals surface area (Å²) in [6, 6.07) is 0. The summed E-state index contributed by atoms with van der Waals surface area (Å²) in [6.45, 7) is 8.56. The Hall–Kier alpha value is 0.269. The van der Waals surface area contributed by atoms with Crippen molar-refractivity contribution in [1.29, 1.82) is 0 Å². The molecule has 0 amide bonds. The fourth-order valence-electron chi connectivity index (χ4n) is 5.58. The van der Waals surface area contributed by atoms with Crippen LogP contribution in [0.4, 0.5) is 0 Å². The van der Waals surface area contributed by atoms with Gasteiger partial charge in [-0.15, -0.1) is 0 Å². The summed E-state index contributed by atoms with van der Waals surface area (Å²) in [7, 11) is 0. The molecule has 0 spiro atoms. The summed E-state index contributed by atoms with van der Waals surface area (Å²) in [5.41, 5.74) is 0. The summed E-state index contributed by atoms with van der Waals surface area (Å²) < 4.78 is 10.3. The van der Waals surface area contributed by atoms with Gasteiger partial charge in [0.05, 0.1) is 0 Å². The van der Waals surface area contributed by atoms with Crippen molar-refractivity contribution in [1.82, 2.24) is 0 Å². The third-order valence-electron chi connectivity index (χ3n) is 7.82. The first-order chi connectivity index (χ1) is 17.1. The molecule has 0 fully saturated rings. The van der Waals surface area contributed by atoms with Crippen molar-refractivity contribution >= 4 is 24.8 Å². The van der Waals surface area contributed by atoms with Gasteiger partial charge in [0.1, 0.15) is 0 Å². The van der Waals surface area contributed by atoms with Gasteiger partial charge in [-0.25, -0.2) is 0 Å². The first-order valence-corrected chi connectivity index (χ1v) is 23.5. The summed E-state index contributed by atoms with van der Waals surface area (Å²) in [4.78, 5) is 12.2. The summed E-state index contributed by atoms with van der Waals surface area (Å²) >= 11 is -2.85. The quantitative estimate of drug-likeness (QED) is 0.0659. The molecule has 2 nitrogen and oxygen atoms in total. The molecule has 0 unspecified atom stereocenters. The second-order valence-electron chi connectivity index (χ2n) is 11.5. The predicted molar refractivity (Wildman–Crippen MR) is 160 cm³/mol. The van der Waals surface area contributed by atoms with Crippen molar-refractivity contribution in [3.05, 3.63) is 0 Å².